The highest BCUT2D eigenvalue weighted by Gasteiger charge is 2.20. The van der Waals surface area contributed by atoms with E-state index in [-0.39, 0.29) is 11.3 Å². The van der Waals surface area contributed by atoms with Gasteiger partial charge in [-0.3, -0.25) is 9.59 Å². The van der Waals surface area contributed by atoms with Crippen LogP contribution in [0, 0.1) is 0 Å². The minimum absolute atomic E-state index is 0.244. The maximum atomic E-state index is 12.1. The van der Waals surface area contributed by atoms with Crippen molar-refractivity contribution in [3.63, 3.8) is 0 Å². The van der Waals surface area contributed by atoms with Crippen LogP contribution in [0.5, 0.6) is 5.75 Å². The maximum Gasteiger partial charge on any atom is 0.326 e. The summed E-state index contributed by atoms with van der Waals surface area (Å²) >= 11 is 1.61. The molecule has 1 unspecified atom stereocenters. The first-order valence-electron chi connectivity index (χ1n) is 6.84. The number of carboxylic acids is 1. The Hall–Kier alpha value is -2.02. The van der Waals surface area contributed by atoms with Crippen molar-refractivity contribution in [3.8, 4) is 5.75 Å². The molecule has 7 heteroatoms. The van der Waals surface area contributed by atoms with Crippen LogP contribution in [-0.2, 0) is 9.59 Å². The molecule has 0 heterocycles. The predicted octanol–water partition coefficient (Wildman–Crippen LogP) is 1.94. The number of hydrogen-bond acceptors (Lipinski definition) is 5. The van der Waals surface area contributed by atoms with Crippen LogP contribution in [0.1, 0.15) is 30.6 Å². The highest BCUT2D eigenvalue weighted by molar-refractivity contribution is 7.99. The van der Waals surface area contributed by atoms with Crippen molar-refractivity contribution in [1.82, 2.24) is 5.32 Å². The van der Waals surface area contributed by atoms with E-state index < -0.39 is 23.9 Å². The van der Waals surface area contributed by atoms with Crippen LogP contribution in [0.3, 0.4) is 0 Å². The summed E-state index contributed by atoms with van der Waals surface area (Å²) in [6, 6.07) is 5.10. The van der Waals surface area contributed by atoms with Crippen molar-refractivity contribution < 1.29 is 24.2 Å². The third-order valence-electron chi connectivity index (χ3n) is 2.72. The zero-order valence-corrected chi connectivity index (χ0v) is 13.3. The van der Waals surface area contributed by atoms with Crippen molar-refractivity contribution in [1.29, 1.82) is 0 Å². The number of carboxylic acid groups (broad SMARTS) is 1. The standard InChI is InChI=1S/C15H19NO5S/c1-3-22-8-7-13(15(19)20)16-14(18)11-5-4-6-12(9-11)21-10(2)17/h4-6,9,13H,3,7-8H2,1-2H3,(H,16,18)(H,19,20). The second kappa shape index (κ2) is 9.09. The number of thioether (sulfide) groups is 1. The summed E-state index contributed by atoms with van der Waals surface area (Å²) in [5.74, 6) is -0.276. The molecule has 6 nitrogen and oxygen atoms in total. The molecular weight excluding hydrogens is 306 g/mol. The molecule has 1 atom stereocenters. The summed E-state index contributed by atoms with van der Waals surface area (Å²) in [5, 5.41) is 11.6. The maximum absolute atomic E-state index is 12.1. The SMILES string of the molecule is CCSCCC(NC(=O)c1cccc(OC(C)=O)c1)C(=O)O. The number of rotatable bonds is 8. The van der Waals surface area contributed by atoms with Crippen LogP contribution in [0.2, 0.25) is 0 Å². The van der Waals surface area contributed by atoms with E-state index in [1.807, 2.05) is 6.92 Å². The zero-order valence-electron chi connectivity index (χ0n) is 12.5. The first kappa shape index (κ1) is 18.0. The monoisotopic (exact) mass is 325 g/mol. The Morgan fingerprint density at radius 2 is 2.09 bits per heavy atom. The molecule has 0 saturated heterocycles. The van der Waals surface area contributed by atoms with Gasteiger partial charge in [-0.05, 0) is 36.1 Å². The van der Waals surface area contributed by atoms with Gasteiger partial charge in [0.1, 0.15) is 11.8 Å². The minimum Gasteiger partial charge on any atom is -0.480 e. The number of nitrogens with one attached hydrogen (secondary N) is 1. The lowest BCUT2D eigenvalue weighted by atomic mass is 10.1. The minimum atomic E-state index is -1.07. The van der Waals surface area contributed by atoms with Gasteiger partial charge >= 0.3 is 11.9 Å². The topological polar surface area (TPSA) is 92.7 Å². The summed E-state index contributed by atoms with van der Waals surface area (Å²) in [6.07, 6.45) is 0.350. The molecule has 0 bridgehead atoms. The van der Waals surface area contributed by atoms with Crippen LogP contribution in [-0.4, -0.2) is 40.5 Å². The average molecular weight is 325 g/mol. The number of carbonyl (C=O) groups is 3. The Balaban J connectivity index is 2.72. The molecule has 1 aromatic rings. The molecule has 0 aliphatic heterocycles. The van der Waals surface area contributed by atoms with Crippen LogP contribution in [0.15, 0.2) is 24.3 Å². The Bertz CT molecular complexity index is 546. The number of hydrogen-bond donors (Lipinski definition) is 2. The van der Waals surface area contributed by atoms with Gasteiger partial charge in [-0.2, -0.15) is 11.8 Å². The first-order valence-corrected chi connectivity index (χ1v) is 7.99. The van der Waals surface area contributed by atoms with Gasteiger partial charge in [-0.1, -0.05) is 13.0 Å². The molecule has 0 spiro atoms. The molecule has 2 N–H and O–H groups in total. The number of carbonyl (C=O) groups excluding carboxylic acids is 2. The van der Waals surface area contributed by atoms with Crippen molar-refractivity contribution in [2.45, 2.75) is 26.3 Å². The summed E-state index contributed by atoms with van der Waals surface area (Å²) < 4.78 is 4.90. The number of benzene rings is 1. The second-order valence-corrected chi connectivity index (χ2v) is 5.87. The highest BCUT2D eigenvalue weighted by Crippen LogP contribution is 2.14. The van der Waals surface area contributed by atoms with Crippen LogP contribution in [0.25, 0.3) is 0 Å². The Morgan fingerprint density at radius 3 is 2.68 bits per heavy atom. The molecule has 0 saturated carbocycles. The lowest BCUT2D eigenvalue weighted by Gasteiger charge is -2.14. The molecule has 0 aliphatic rings. The third-order valence-corrected chi connectivity index (χ3v) is 3.65. The summed E-state index contributed by atoms with van der Waals surface area (Å²) in [5.41, 5.74) is 0.244. The van der Waals surface area contributed by atoms with Crippen LogP contribution >= 0.6 is 11.8 Å². The number of ether oxygens (including phenoxy) is 1. The van der Waals surface area contributed by atoms with E-state index >= 15 is 0 Å². The van der Waals surface area contributed by atoms with E-state index in [1.165, 1.54) is 19.1 Å². The van der Waals surface area contributed by atoms with E-state index in [9.17, 15) is 14.4 Å². The lowest BCUT2D eigenvalue weighted by molar-refractivity contribution is -0.139. The van der Waals surface area contributed by atoms with Gasteiger partial charge < -0.3 is 15.2 Å². The zero-order chi connectivity index (χ0) is 16.5. The quantitative estimate of drug-likeness (QED) is 0.431. The molecule has 0 fully saturated rings. The predicted molar refractivity (Wildman–Crippen MR) is 84.3 cm³/mol. The molecule has 1 aromatic carbocycles. The Labute approximate surface area is 133 Å². The number of esters is 1. The van der Waals surface area contributed by atoms with E-state index in [0.717, 1.165) is 5.75 Å². The average Bonchev–Trinajstić information content (AvgIpc) is 2.45. The van der Waals surface area contributed by atoms with E-state index in [0.29, 0.717) is 12.2 Å². The second-order valence-electron chi connectivity index (χ2n) is 4.47. The van der Waals surface area contributed by atoms with Crippen molar-refractivity contribution in [3.05, 3.63) is 29.8 Å². The Morgan fingerprint density at radius 1 is 1.36 bits per heavy atom. The van der Waals surface area contributed by atoms with Gasteiger partial charge in [0, 0.05) is 12.5 Å². The first-order chi connectivity index (χ1) is 10.4. The fraction of sp³-hybridized carbons (Fsp3) is 0.400. The fourth-order valence-electron chi connectivity index (χ4n) is 1.71. The van der Waals surface area contributed by atoms with Crippen LogP contribution in [0.4, 0.5) is 0 Å². The van der Waals surface area contributed by atoms with E-state index in [2.05, 4.69) is 5.32 Å². The van der Waals surface area contributed by atoms with E-state index in [1.54, 1.807) is 23.9 Å². The normalized spacial score (nSPS) is 11.5. The van der Waals surface area contributed by atoms with Crippen molar-refractivity contribution in [2.75, 3.05) is 11.5 Å². The lowest BCUT2D eigenvalue weighted by Crippen LogP contribution is -2.41. The molecule has 0 aromatic heterocycles. The van der Waals surface area contributed by atoms with Crippen molar-refractivity contribution >= 4 is 29.6 Å². The molecule has 1 rings (SSSR count). The van der Waals surface area contributed by atoms with Gasteiger partial charge in [0.05, 0.1) is 0 Å². The Kier molecular flexibility index (Phi) is 7.45. The van der Waals surface area contributed by atoms with Crippen molar-refractivity contribution in [2.24, 2.45) is 0 Å². The summed E-state index contributed by atoms with van der Waals surface area (Å²) in [4.78, 5) is 34.2. The molecule has 0 aliphatic carbocycles. The van der Waals surface area contributed by atoms with Gasteiger partial charge in [0.15, 0.2) is 0 Å². The molecule has 1 amide bonds. The van der Waals surface area contributed by atoms with Crippen LogP contribution < -0.4 is 10.1 Å². The number of amides is 1. The summed E-state index contributed by atoms with van der Waals surface area (Å²) in [7, 11) is 0. The largest absolute Gasteiger partial charge is 0.480 e. The highest BCUT2D eigenvalue weighted by atomic mass is 32.2. The third kappa shape index (κ3) is 6.17. The molecular formula is C15H19NO5S. The molecule has 120 valence electrons. The van der Waals surface area contributed by atoms with Gasteiger partial charge in [-0.25, -0.2) is 4.79 Å². The van der Waals surface area contributed by atoms with Gasteiger partial charge in [0.2, 0.25) is 0 Å². The van der Waals surface area contributed by atoms with Gasteiger partial charge in [-0.15, -0.1) is 0 Å². The van der Waals surface area contributed by atoms with E-state index in [4.69, 9.17) is 9.84 Å². The molecule has 0 radical (unpaired) electrons. The van der Waals surface area contributed by atoms with Gasteiger partial charge in [0.25, 0.3) is 5.91 Å². The number of aliphatic carboxylic acids is 1. The summed E-state index contributed by atoms with van der Waals surface area (Å²) in [6.45, 7) is 3.25. The fourth-order valence-corrected chi connectivity index (χ4v) is 2.40. The molecule has 22 heavy (non-hydrogen) atoms. The smallest absolute Gasteiger partial charge is 0.326 e.